The Bertz CT molecular complexity index is 429. The molecule has 1 aliphatic carbocycles. The van der Waals surface area contributed by atoms with Crippen molar-refractivity contribution >= 4 is 11.8 Å². The van der Waals surface area contributed by atoms with Gasteiger partial charge in [-0.05, 0) is 56.7 Å². The van der Waals surface area contributed by atoms with Crippen molar-refractivity contribution in [3.05, 3.63) is 29.3 Å². The van der Waals surface area contributed by atoms with Gasteiger partial charge in [0.05, 0.1) is 0 Å². The van der Waals surface area contributed by atoms with Gasteiger partial charge >= 0.3 is 0 Å². The molecule has 1 aromatic rings. The standard InChI is InChI=1S/C18H29NS/c1-4-5-15-8-9-16(12-19)18(11-15)20-17-10-13(2)6-7-14(17)3/h6-7,10,15-16,18H,4-5,8-9,11-12,19H2,1-3H3. The van der Waals surface area contributed by atoms with Crippen molar-refractivity contribution in [2.24, 2.45) is 17.6 Å². The Morgan fingerprint density at radius 2 is 2.05 bits per heavy atom. The van der Waals surface area contributed by atoms with Crippen molar-refractivity contribution in [2.45, 2.75) is 63.0 Å². The zero-order valence-corrected chi connectivity index (χ0v) is 14.0. The third kappa shape index (κ3) is 4.02. The minimum absolute atomic E-state index is 0.702. The van der Waals surface area contributed by atoms with E-state index in [1.807, 2.05) is 0 Å². The largest absolute Gasteiger partial charge is 0.330 e. The van der Waals surface area contributed by atoms with E-state index in [1.165, 1.54) is 48.1 Å². The van der Waals surface area contributed by atoms with Crippen molar-refractivity contribution in [1.29, 1.82) is 0 Å². The highest BCUT2D eigenvalue weighted by atomic mass is 32.2. The molecule has 0 amide bonds. The SMILES string of the molecule is CCCC1CCC(CN)C(Sc2cc(C)ccc2C)C1. The van der Waals surface area contributed by atoms with E-state index < -0.39 is 0 Å². The van der Waals surface area contributed by atoms with Crippen molar-refractivity contribution in [1.82, 2.24) is 0 Å². The third-order valence-corrected chi connectivity index (χ3v) is 6.23. The topological polar surface area (TPSA) is 26.0 Å². The van der Waals surface area contributed by atoms with Crippen LogP contribution < -0.4 is 5.73 Å². The first-order valence-electron chi connectivity index (χ1n) is 8.08. The fraction of sp³-hybridized carbons (Fsp3) is 0.667. The van der Waals surface area contributed by atoms with Gasteiger partial charge in [0.25, 0.3) is 0 Å². The monoisotopic (exact) mass is 291 g/mol. The predicted octanol–water partition coefficient (Wildman–Crippen LogP) is 4.94. The van der Waals surface area contributed by atoms with E-state index in [0.717, 1.165) is 12.5 Å². The van der Waals surface area contributed by atoms with Gasteiger partial charge in [-0.1, -0.05) is 43.9 Å². The van der Waals surface area contributed by atoms with Crippen LogP contribution in [0.4, 0.5) is 0 Å². The molecule has 1 aromatic carbocycles. The normalized spacial score (nSPS) is 26.7. The molecule has 0 saturated heterocycles. The lowest BCUT2D eigenvalue weighted by Gasteiger charge is -2.35. The Morgan fingerprint density at radius 3 is 2.75 bits per heavy atom. The van der Waals surface area contributed by atoms with Crippen LogP contribution in [0.1, 0.15) is 50.2 Å². The van der Waals surface area contributed by atoms with Crippen LogP contribution in [0.5, 0.6) is 0 Å². The van der Waals surface area contributed by atoms with Gasteiger partial charge in [-0.3, -0.25) is 0 Å². The molecule has 1 saturated carbocycles. The van der Waals surface area contributed by atoms with Gasteiger partial charge in [-0.2, -0.15) is 0 Å². The number of hydrogen-bond donors (Lipinski definition) is 1. The lowest BCUT2D eigenvalue weighted by Crippen LogP contribution is -2.32. The first-order valence-corrected chi connectivity index (χ1v) is 8.96. The van der Waals surface area contributed by atoms with Crippen LogP contribution in [0.2, 0.25) is 0 Å². The molecule has 1 aliphatic rings. The molecule has 112 valence electrons. The molecule has 3 atom stereocenters. The molecule has 1 fully saturated rings. The van der Waals surface area contributed by atoms with Gasteiger partial charge < -0.3 is 5.73 Å². The van der Waals surface area contributed by atoms with Crippen molar-refractivity contribution in [2.75, 3.05) is 6.54 Å². The van der Waals surface area contributed by atoms with E-state index >= 15 is 0 Å². The molecule has 2 rings (SSSR count). The van der Waals surface area contributed by atoms with E-state index in [0.29, 0.717) is 11.2 Å². The van der Waals surface area contributed by atoms with E-state index in [-0.39, 0.29) is 0 Å². The highest BCUT2D eigenvalue weighted by molar-refractivity contribution is 8.00. The Hall–Kier alpha value is -0.470. The summed E-state index contributed by atoms with van der Waals surface area (Å²) in [6, 6.07) is 6.80. The van der Waals surface area contributed by atoms with E-state index in [2.05, 4.69) is 50.7 Å². The molecule has 2 N–H and O–H groups in total. The van der Waals surface area contributed by atoms with Gasteiger partial charge in [-0.15, -0.1) is 11.8 Å². The highest BCUT2D eigenvalue weighted by Gasteiger charge is 2.30. The average molecular weight is 292 g/mol. The second kappa shape index (κ2) is 7.51. The molecule has 3 unspecified atom stereocenters. The van der Waals surface area contributed by atoms with Crippen LogP contribution in [0.25, 0.3) is 0 Å². The van der Waals surface area contributed by atoms with Gasteiger partial charge in [0.15, 0.2) is 0 Å². The van der Waals surface area contributed by atoms with Gasteiger partial charge in [0.2, 0.25) is 0 Å². The molecule has 0 aromatic heterocycles. The number of rotatable bonds is 5. The quantitative estimate of drug-likeness (QED) is 0.831. The third-order valence-electron chi connectivity index (χ3n) is 4.66. The van der Waals surface area contributed by atoms with E-state index in [9.17, 15) is 0 Å². The van der Waals surface area contributed by atoms with Crippen LogP contribution >= 0.6 is 11.8 Å². The highest BCUT2D eigenvalue weighted by Crippen LogP contribution is 2.41. The van der Waals surface area contributed by atoms with Crippen LogP contribution in [-0.2, 0) is 0 Å². The van der Waals surface area contributed by atoms with Gasteiger partial charge in [0.1, 0.15) is 0 Å². The van der Waals surface area contributed by atoms with Crippen LogP contribution in [0, 0.1) is 25.7 Å². The van der Waals surface area contributed by atoms with Crippen LogP contribution in [0.3, 0.4) is 0 Å². The van der Waals surface area contributed by atoms with Crippen LogP contribution in [-0.4, -0.2) is 11.8 Å². The number of aryl methyl sites for hydroxylation is 2. The summed E-state index contributed by atoms with van der Waals surface area (Å²) in [6.45, 7) is 7.57. The van der Waals surface area contributed by atoms with E-state index in [1.54, 1.807) is 0 Å². The summed E-state index contributed by atoms with van der Waals surface area (Å²) in [7, 11) is 0. The van der Waals surface area contributed by atoms with Crippen molar-refractivity contribution in [3.63, 3.8) is 0 Å². The second-order valence-corrected chi connectivity index (χ2v) is 7.67. The average Bonchev–Trinajstić information content (AvgIpc) is 2.44. The molecular weight excluding hydrogens is 262 g/mol. The summed E-state index contributed by atoms with van der Waals surface area (Å²) >= 11 is 2.09. The Kier molecular flexibility index (Phi) is 5.98. The minimum Gasteiger partial charge on any atom is -0.330 e. The Labute approximate surface area is 128 Å². The van der Waals surface area contributed by atoms with Crippen LogP contribution in [0.15, 0.2) is 23.1 Å². The molecule has 0 heterocycles. The number of benzene rings is 1. The molecule has 20 heavy (non-hydrogen) atoms. The number of hydrogen-bond acceptors (Lipinski definition) is 2. The maximum Gasteiger partial charge on any atom is 0.0137 e. The zero-order chi connectivity index (χ0) is 14.5. The lowest BCUT2D eigenvalue weighted by atomic mass is 9.80. The molecule has 2 heteroatoms. The number of thioether (sulfide) groups is 1. The Balaban J connectivity index is 2.09. The van der Waals surface area contributed by atoms with Crippen molar-refractivity contribution in [3.8, 4) is 0 Å². The summed E-state index contributed by atoms with van der Waals surface area (Å²) < 4.78 is 0. The maximum absolute atomic E-state index is 6.02. The van der Waals surface area contributed by atoms with Gasteiger partial charge in [0, 0.05) is 10.1 Å². The van der Waals surface area contributed by atoms with Crippen molar-refractivity contribution < 1.29 is 0 Å². The lowest BCUT2D eigenvalue weighted by molar-refractivity contribution is 0.276. The first-order chi connectivity index (χ1) is 9.63. The molecule has 0 bridgehead atoms. The molecular formula is C18H29NS. The summed E-state index contributed by atoms with van der Waals surface area (Å²) in [5.41, 5.74) is 8.80. The zero-order valence-electron chi connectivity index (χ0n) is 13.2. The summed E-state index contributed by atoms with van der Waals surface area (Å²) in [4.78, 5) is 1.46. The fourth-order valence-electron chi connectivity index (χ4n) is 3.36. The molecule has 0 radical (unpaired) electrons. The fourth-order valence-corrected chi connectivity index (χ4v) is 5.00. The minimum atomic E-state index is 0.702. The smallest absolute Gasteiger partial charge is 0.0137 e. The van der Waals surface area contributed by atoms with E-state index in [4.69, 9.17) is 5.73 Å². The molecule has 1 nitrogen and oxygen atoms in total. The summed E-state index contributed by atoms with van der Waals surface area (Å²) in [5, 5.41) is 0.714. The first kappa shape index (κ1) is 15.9. The summed E-state index contributed by atoms with van der Waals surface area (Å²) in [6.07, 6.45) is 6.77. The predicted molar refractivity (Wildman–Crippen MR) is 90.4 cm³/mol. The molecule has 0 aliphatic heterocycles. The summed E-state index contributed by atoms with van der Waals surface area (Å²) in [5.74, 6) is 1.62. The second-order valence-electron chi connectivity index (χ2n) is 6.39. The maximum atomic E-state index is 6.02. The number of nitrogens with two attached hydrogens (primary N) is 1. The Morgan fingerprint density at radius 1 is 1.25 bits per heavy atom. The molecule has 0 spiro atoms. The van der Waals surface area contributed by atoms with Gasteiger partial charge in [-0.25, -0.2) is 0 Å².